The van der Waals surface area contributed by atoms with E-state index in [0.29, 0.717) is 6.04 Å². The van der Waals surface area contributed by atoms with Crippen LogP contribution in [-0.4, -0.2) is 47.1 Å². The van der Waals surface area contributed by atoms with E-state index in [1.807, 2.05) is 6.92 Å². The van der Waals surface area contributed by atoms with E-state index < -0.39 is 11.5 Å². The minimum Gasteiger partial charge on any atom is -0.481 e. The Morgan fingerprint density at radius 2 is 1.90 bits per heavy atom. The maximum Gasteiger partial charge on any atom is 0.305 e. The SMILES string of the molecule is CCC(C)NCC(=O)N(C)C1(CC(=O)O)CCCCC1. The summed E-state index contributed by atoms with van der Waals surface area (Å²) >= 11 is 0. The van der Waals surface area contributed by atoms with Crippen LogP contribution in [0.3, 0.4) is 0 Å². The molecule has 1 aliphatic carbocycles. The van der Waals surface area contributed by atoms with E-state index in [0.717, 1.165) is 38.5 Å². The lowest BCUT2D eigenvalue weighted by Gasteiger charge is -2.44. The molecule has 1 amide bonds. The molecule has 1 unspecified atom stereocenters. The third-order valence-electron chi connectivity index (χ3n) is 4.56. The van der Waals surface area contributed by atoms with Gasteiger partial charge >= 0.3 is 5.97 Å². The number of carbonyl (C=O) groups excluding carboxylic acids is 1. The summed E-state index contributed by atoms with van der Waals surface area (Å²) in [4.78, 5) is 25.2. The quantitative estimate of drug-likeness (QED) is 0.750. The molecule has 0 saturated heterocycles. The van der Waals surface area contributed by atoms with Crippen LogP contribution in [0.2, 0.25) is 0 Å². The van der Waals surface area contributed by atoms with Crippen LogP contribution in [0, 0.1) is 0 Å². The lowest BCUT2D eigenvalue weighted by molar-refractivity contribution is -0.145. The zero-order valence-corrected chi connectivity index (χ0v) is 12.9. The smallest absolute Gasteiger partial charge is 0.305 e. The Morgan fingerprint density at radius 1 is 1.30 bits per heavy atom. The van der Waals surface area contributed by atoms with Crippen LogP contribution in [-0.2, 0) is 9.59 Å². The summed E-state index contributed by atoms with van der Waals surface area (Å²) in [6.07, 6.45) is 5.76. The van der Waals surface area contributed by atoms with E-state index in [2.05, 4.69) is 12.2 Å². The first-order chi connectivity index (χ1) is 9.41. The minimum absolute atomic E-state index is 0.00606. The molecule has 1 fully saturated rings. The predicted octanol–water partition coefficient (Wildman–Crippen LogP) is 2.01. The Hall–Kier alpha value is -1.10. The molecule has 5 heteroatoms. The highest BCUT2D eigenvalue weighted by Crippen LogP contribution is 2.35. The number of carboxylic acid groups (broad SMARTS) is 1. The van der Waals surface area contributed by atoms with Crippen molar-refractivity contribution in [2.75, 3.05) is 13.6 Å². The topological polar surface area (TPSA) is 69.6 Å². The molecule has 1 atom stereocenters. The lowest BCUT2D eigenvalue weighted by atomic mass is 9.78. The van der Waals surface area contributed by atoms with Gasteiger partial charge in [0.05, 0.1) is 18.5 Å². The van der Waals surface area contributed by atoms with Crippen molar-refractivity contribution in [2.24, 2.45) is 0 Å². The van der Waals surface area contributed by atoms with Crippen LogP contribution in [0.4, 0.5) is 0 Å². The van der Waals surface area contributed by atoms with Crippen LogP contribution < -0.4 is 5.32 Å². The summed E-state index contributed by atoms with van der Waals surface area (Å²) in [7, 11) is 1.76. The third-order valence-corrected chi connectivity index (χ3v) is 4.56. The summed E-state index contributed by atoms with van der Waals surface area (Å²) in [6, 6.07) is 0.300. The first kappa shape index (κ1) is 17.0. The van der Waals surface area contributed by atoms with Gasteiger partial charge in [0.25, 0.3) is 0 Å². The number of rotatable bonds is 7. The van der Waals surface area contributed by atoms with Crippen molar-refractivity contribution in [3.63, 3.8) is 0 Å². The van der Waals surface area contributed by atoms with Gasteiger partial charge in [0, 0.05) is 13.1 Å². The second-order valence-electron chi connectivity index (χ2n) is 6.00. The number of likely N-dealkylation sites (N-methyl/N-ethyl adjacent to an activating group) is 1. The molecular weight excluding hydrogens is 256 g/mol. The molecule has 20 heavy (non-hydrogen) atoms. The Balaban J connectivity index is 2.69. The second kappa shape index (κ2) is 7.62. The summed E-state index contributed by atoms with van der Waals surface area (Å²) < 4.78 is 0. The largest absolute Gasteiger partial charge is 0.481 e. The summed E-state index contributed by atoms with van der Waals surface area (Å²) in [5.41, 5.74) is -0.488. The predicted molar refractivity (Wildman–Crippen MR) is 78.6 cm³/mol. The highest BCUT2D eigenvalue weighted by atomic mass is 16.4. The molecular formula is C15H28N2O3. The fraction of sp³-hybridized carbons (Fsp3) is 0.867. The summed E-state index contributed by atoms with van der Waals surface area (Å²) in [6.45, 7) is 4.40. The number of nitrogens with zero attached hydrogens (tertiary/aromatic N) is 1. The molecule has 1 rings (SSSR count). The standard InChI is InChI=1S/C15H28N2O3/c1-4-12(2)16-11-13(18)17(3)15(10-14(19)20)8-6-5-7-9-15/h12,16H,4-11H2,1-3H3,(H,19,20). The van der Waals surface area contributed by atoms with Gasteiger partial charge in [0.1, 0.15) is 0 Å². The van der Waals surface area contributed by atoms with Gasteiger partial charge in [-0.05, 0) is 26.2 Å². The zero-order valence-electron chi connectivity index (χ0n) is 12.9. The summed E-state index contributed by atoms with van der Waals surface area (Å²) in [5, 5.41) is 12.3. The average molecular weight is 284 g/mol. The van der Waals surface area contributed by atoms with Gasteiger partial charge in [-0.15, -0.1) is 0 Å². The Labute approximate surface area is 121 Å². The van der Waals surface area contributed by atoms with E-state index in [1.165, 1.54) is 0 Å². The van der Waals surface area contributed by atoms with Crippen LogP contribution in [0.5, 0.6) is 0 Å². The van der Waals surface area contributed by atoms with Gasteiger partial charge in [0.15, 0.2) is 0 Å². The van der Waals surface area contributed by atoms with E-state index in [-0.39, 0.29) is 18.9 Å². The van der Waals surface area contributed by atoms with Crippen LogP contribution >= 0.6 is 0 Å². The first-order valence-electron chi connectivity index (χ1n) is 7.63. The molecule has 1 saturated carbocycles. The van der Waals surface area contributed by atoms with Crippen LogP contribution in [0.25, 0.3) is 0 Å². The van der Waals surface area contributed by atoms with Gasteiger partial charge in [0.2, 0.25) is 5.91 Å². The zero-order chi connectivity index (χ0) is 15.2. The van der Waals surface area contributed by atoms with Crippen molar-refractivity contribution < 1.29 is 14.7 Å². The van der Waals surface area contributed by atoms with E-state index in [1.54, 1.807) is 11.9 Å². The minimum atomic E-state index is -0.818. The van der Waals surface area contributed by atoms with E-state index >= 15 is 0 Å². The van der Waals surface area contributed by atoms with Gasteiger partial charge < -0.3 is 15.3 Å². The van der Waals surface area contributed by atoms with E-state index in [9.17, 15) is 9.59 Å². The molecule has 0 aromatic rings. The highest BCUT2D eigenvalue weighted by Gasteiger charge is 2.40. The summed E-state index contributed by atoms with van der Waals surface area (Å²) in [5.74, 6) is -0.824. The number of hydrogen-bond donors (Lipinski definition) is 2. The molecule has 0 aromatic carbocycles. The number of amides is 1. The molecule has 0 aliphatic heterocycles. The molecule has 1 aliphatic rings. The maximum atomic E-state index is 12.3. The number of carboxylic acids is 1. The molecule has 0 heterocycles. The molecule has 0 aromatic heterocycles. The number of hydrogen-bond acceptors (Lipinski definition) is 3. The van der Waals surface area contributed by atoms with Gasteiger partial charge in [-0.3, -0.25) is 9.59 Å². The fourth-order valence-corrected chi connectivity index (χ4v) is 2.91. The Bertz CT molecular complexity index is 338. The Kier molecular flexibility index (Phi) is 6.46. The first-order valence-corrected chi connectivity index (χ1v) is 7.63. The van der Waals surface area contributed by atoms with Gasteiger partial charge in [-0.25, -0.2) is 0 Å². The van der Waals surface area contributed by atoms with Crippen LogP contribution in [0.15, 0.2) is 0 Å². The lowest BCUT2D eigenvalue weighted by Crippen LogP contribution is -2.54. The maximum absolute atomic E-state index is 12.3. The third kappa shape index (κ3) is 4.47. The van der Waals surface area contributed by atoms with Gasteiger partial charge in [-0.1, -0.05) is 26.2 Å². The van der Waals surface area contributed by atoms with Gasteiger partial charge in [-0.2, -0.15) is 0 Å². The monoisotopic (exact) mass is 284 g/mol. The number of carbonyl (C=O) groups is 2. The Morgan fingerprint density at radius 3 is 2.40 bits per heavy atom. The van der Waals surface area contributed by atoms with Crippen molar-refractivity contribution in [3.05, 3.63) is 0 Å². The fourth-order valence-electron chi connectivity index (χ4n) is 2.91. The number of aliphatic carboxylic acids is 1. The van der Waals surface area contributed by atoms with Crippen molar-refractivity contribution in [1.29, 1.82) is 0 Å². The normalized spacial score (nSPS) is 19.4. The molecule has 0 spiro atoms. The van der Waals surface area contributed by atoms with Crippen molar-refractivity contribution in [2.45, 2.75) is 70.4 Å². The van der Waals surface area contributed by atoms with Crippen molar-refractivity contribution in [1.82, 2.24) is 10.2 Å². The molecule has 0 bridgehead atoms. The van der Waals surface area contributed by atoms with Crippen LogP contribution in [0.1, 0.15) is 58.8 Å². The average Bonchev–Trinajstić information content (AvgIpc) is 2.43. The molecule has 116 valence electrons. The van der Waals surface area contributed by atoms with E-state index in [4.69, 9.17) is 5.11 Å². The second-order valence-corrected chi connectivity index (χ2v) is 6.00. The number of nitrogens with one attached hydrogen (secondary N) is 1. The molecule has 5 nitrogen and oxygen atoms in total. The van der Waals surface area contributed by atoms with Crippen molar-refractivity contribution in [3.8, 4) is 0 Å². The van der Waals surface area contributed by atoms with Crippen molar-refractivity contribution >= 4 is 11.9 Å². The molecule has 0 radical (unpaired) electrons. The highest BCUT2D eigenvalue weighted by molar-refractivity contribution is 5.80. The molecule has 2 N–H and O–H groups in total.